The Kier molecular flexibility index (Phi) is 10.2. The Bertz CT molecular complexity index is 639. The highest BCUT2D eigenvalue weighted by molar-refractivity contribution is 4.96. The van der Waals surface area contributed by atoms with E-state index in [-0.39, 0.29) is 0 Å². The Hall–Kier alpha value is -0.520. The zero-order valence-electron chi connectivity index (χ0n) is 21.1. The summed E-state index contributed by atoms with van der Waals surface area (Å²) in [7, 11) is 5.66. The Morgan fingerprint density at radius 1 is 0.457 bits per heavy atom. The predicted octanol–water partition coefficient (Wildman–Crippen LogP) is -1.87. The quantitative estimate of drug-likeness (QED) is 0.286. The van der Waals surface area contributed by atoms with E-state index in [1.807, 2.05) is 0 Å². The average Bonchev–Trinajstić information content (AvgIpc) is 2.81. The molecule has 1 unspecified atom stereocenters. The summed E-state index contributed by atoms with van der Waals surface area (Å²) >= 11 is 0. The summed E-state index contributed by atoms with van der Waals surface area (Å²) in [5.41, 5.74) is 0. The lowest BCUT2D eigenvalue weighted by atomic mass is 9.96. The first kappa shape index (κ1) is 29.0. The molecule has 0 amide bonds. The molecule has 35 heavy (non-hydrogen) atoms. The van der Waals surface area contributed by atoms with Gasteiger partial charge in [-0.05, 0) is 20.8 Å². The average molecular weight is 513 g/mol. The van der Waals surface area contributed by atoms with E-state index in [4.69, 9.17) is 42.6 Å². The lowest BCUT2D eigenvalue weighted by Gasteiger charge is -2.49. The van der Waals surface area contributed by atoms with Crippen molar-refractivity contribution in [1.29, 1.82) is 0 Å². The number of aliphatic hydroxyl groups excluding tert-OH is 4. The summed E-state index contributed by atoms with van der Waals surface area (Å²) in [6.07, 6.45) is -14.4. The number of ether oxygens (including phenoxy) is 9. The fraction of sp³-hybridized carbons (Fsp3) is 1.00. The summed E-state index contributed by atoms with van der Waals surface area (Å²) < 4.78 is 51.4. The van der Waals surface area contributed by atoms with Crippen LogP contribution in [-0.4, -0.2) is 141 Å². The third kappa shape index (κ3) is 5.82. The van der Waals surface area contributed by atoms with Crippen molar-refractivity contribution in [3.63, 3.8) is 0 Å². The first-order chi connectivity index (χ1) is 16.6. The van der Waals surface area contributed by atoms with E-state index in [1.54, 1.807) is 20.8 Å². The monoisotopic (exact) mass is 512 g/mol. The van der Waals surface area contributed by atoms with Gasteiger partial charge in [0.2, 0.25) is 0 Å². The van der Waals surface area contributed by atoms with Crippen LogP contribution < -0.4 is 0 Å². The van der Waals surface area contributed by atoms with Crippen molar-refractivity contribution >= 4 is 0 Å². The maximum Gasteiger partial charge on any atom is 0.187 e. The van der Waals surface area contributed by atoms with Gasteiger partial charge in [-0.2, -0.15) is 0 Å². The van der Waals surface area contributed by atoms with Gasteiger partial charge in [0.25, 0.3) is 0 Å². The first-order valence-electron chi connectivity index (χ1n) is 11.7. The molecule has 0 aliphatic carbocycles. The third-order valence-corrected chi connectivity index (χ3v) is 6.96. The molecule has 3 heterocycles. The zero-order chi connectivity index (χ0) is 26.0. The Balaban J connectivity index is 1.84. The molecule has 0 spiro atoms. The molecule has 4 N–H and O–H groups in total. The minimum Gasteiger partial charge on any atom is -0.388 e. The van der Waals surface area contributed by atoms with Gasteiger partial charge in [-0.3, -0.25) is 0 Å². The second-order valence-corrected chi connectivity index (χ2v) is 9.13. The van der Waals surface area contributed by atoms with Gasteiger partial charge in [-0.25, -0.2) is 0 Å². The normalized spacial score (nSPS) is 51.3. The Morgan fingerprint density at radius 3 is 1.49 bits per heavy atom. The molecule has 13 heteroatoms. The van der Waals surface area contributed by atoms with Crippen LogP contribution in [0.25, 0.3) is 0 Å². The summed E-state index contributed by atoms with van der Waals surface area (Å²) in [6, 6.07) is 0. The van der Waals surface area contributed by atoms with Gasteiger partial charge in [0.1, 0.15) is 54.9 Å². The van der Waals surface area contributed by atoms with E-state index in [1.165, 1.54) is 28.4 Å². The van der Waals surface area contributed by atoms with Crippen LogP contribution in [0.2, 0.25) is 0 Å². The first-order valence-corrected chi connectivity index (χ1v) is 11.7. The van der Waals surface area contributed by atoms with Crippen LogP contribution in [0.15, 0.2) is 0 Å². The van der Waals surface area contributed by atoms with Crippen molar-refractivity contribution in [2.75, 3.05) is 28.4 Å². The third-order valence-electron chi connectivity index (χ3n) is 6.96. The van der Waals surface area contributed by atoms with Gasteiger partial charge < -0.3 is 63.1 Å². The standard InChI is InChI=1S/C22H40O13/c1-8-11(23)13(25)16(28-5)21(32-8)34-15-12(24)9(2)33-22(19(15)30-7)35-17-14(27-4)10(3)31-20(26)18(17)29-6/h8-26H,1-7H3/t8-,9-,10-,11+,12-,13+,14-,15+,16-,17+,18+,19+,20?,21-,22-/m0/s1. The molecule has 3 rings (SSSR count). The number of hydrogen-bond donors (Lipinski definition) is 4. The SMILES string of the molecule is CO[C@@H]1[C@H](O[C@@H]2[C@@H](O)[C@H](C)O[C@@H](O[C@@H]3[C@@H](OC)[C@H](C)OC(O)[C@@H]3OC)[C@@H]2OC)O[C@@H](C)[C@@H](O)[C@H]1O. The summed E-state index contributed by atoms with van der Waals surface area (Å²) in [5.74, 6) is 0. The highest BCUT2D eigenvalue weighted by Crippen LogP contribution is 2.34. The van der Waals surface area contributed by atoms with Crippen LogP contribution in [-0.2, 0) is 42.6 Å². The van der Waals surface area contributed by atoms with Crippen molar-refractivity contribution in [2.24, 2.45) is 0 Å². The fourth-order valence-corrected chi connectivity index (χ4v) is 4.89. The van der Waals surface area contributed by atoms with Crippen LogP contribution in [0.1, 0.15) is 20.8 Å². The molecule has 0 bridgehead atoms. The molecule has 0 saturated carbocycles. The molecule has 3 aliphatic rings. The van der Waals surface area contributed by atoms with Gasteiger partial charge in [-0.15, -0.1) is 0 Å². The van der Waals surface area contributed by atoms with E-state index in [2.05, 4.69) is 0 Å². The number of rotatable bonds is 8. The Morgan fingerprint density at radius 2 is 0.943 bits per heavy atom. The molecule has 0 aromatic carbocycles. The molecular formula is C22H40O13. The van der Waals surface area contributed by atoms with Crippen molar-refractivity contribution in [2.45, 2.75) is 113 Å². The van der Waals surface area contributed by atoms with Crippen molar-refractivity contribution in [3.05, 3.63) is 0 Å². The Labute approximate surface area is 205 Å². The maximum absolute atomic E-state index is 10.9. The second kappa shape index (κ2) is 12.3. The predicted molar refractivity (Wildman–Crippen MR) is 116 cm³/mol. The molecule has 0 aromatic rings. The minimum atomic E-state index is -1.27. The lowest BCUT2D eigenvalue weighted by Crippen LogP contribution is -2.66. The number of aliphatic hydroxyl groups is 4. The largest absolute Gasteiger partial charge is 0.388 e. The van der Waals surface area contributed by atoms with Crippen molar-refractivity contribution < 1.29 is 63.1 Å². The molecule has 15 atom stereocenters. The van der Waals surface area contributed by atoms with Crippen LogP contribution >= 0.6 is 0 Å². The van der Waals surface area contributed by atoms with Crippen LogP contribution in [0.5, 0.6) is 0 Å². The molecule has 3 aliphatic heterocycles. The number of methoxy groups -OCH3 is 4. The van der Waals surface area contributed by atoms with Gasteiger partial charge in [-0.1, -0.05) is 0 Å². The van der Waals surface area contributed by atoms with Crippen LogP contribution in [0.3, 0.4) is 0 Å². The van der Waals surface area contributed by atoms with E-state index < -0.39 is 92.1 Å². The van der Waals surface area contributed by atoms with Crippen molar-refractivity contribution in [1.82, 2.24) is 0 Å². The van der Waals surface area contributed by atoms with E-state index in [9.17, 15) is 20.4 Å². The smallest absolute Gasteiger partial charge is 0.187 e. The summed E-state index contributed by atoms with van der Waals surface area (Å²) in [5, 5.41) is 41.9. The molecule has 3 fully saturated rings. The highest BCUT2D eigenvalue weighted by atomic mass is 16.8. The molecular weight excluding hydrogens is 472 g/mol. The van der Waals surface area contributed by atoms with Gasteiger partial charge in [0, 0.05) is 28.4 Å². The second-order valence-electron chi connectivity index (χ2n) is 9.13. The zero-order valence-corrected chi connectivity index (χ0v) is 21.1. The van der Waals surface area contributed by atoms with E-state index in [0.717, 1.165) is 0 Å². The van der Waals surface area contributed by atoms with Gasteiger partial charge in [0.15, 0.2) is 18.9 Å². The molecule has 0 radical (unpaired) electrons. The fourth-order valence-electron chi connectivity index (χ4n) is 4.89. The minimum absolute atomic E-state index is 0.515. The van der Waals surface area contributed by atoms with Gasteiger partial charge >= 0.3 is 0 Å². The highest BCUT2D eigenvalue weighted by Gasteiger charge is 2.53. The van der Waals surface area contributed by atoms with E-state index >= 15 is 0 Å². The van der Waals surface area contributed by atoms with Crippen LogP contribution in [0.4, 0.5) is 0 Å². The lowest BCUT2D eigenvalue weighted by molar-refractivity contribution is -0.378. The molecule has 13 nitrogen and oxygen atoms in total. The summed E-state index contributed by atoms with van der Waals surface area (Å²) in [4.78, 5) is 0. The van der Waals surface area contributed by atoms with Crippen LogP contribution in [0, 0.1) is 0 Å². The molecule has 206 valence electrons. The maximum atomic E-state index is 10.9. The summed E-state index contributed by atoms with van der Waals surface area (Å²) in [6.45, 7) is 4.97. The van der Waals surface area contributed by atoms with Crippen molar-refractivity contribution in [3.8, 4) is 0 Å². The molecule has 3 saturated heterocycles. The van der Waals surface area contributed by atoms with Gasteiger partial charge in [0.05, 0.1) is 18.3 Å². The topological polar surface area (TPSA) is 164 Å². The van der Waals surface area contributed by atoms with E-state index in [0.29, 0.717) is 0 Å². The molecule has 0 aromatic heterocycles. The number of hydrogen-bond acceptors (Lipinski definition) is 13.